The molecule has 114 valence electrons. The van der Waals surface area contributed by atoms with Gasteiger partial charge in [0.15, 0.2) is 0 Å². The molecule has 6 heteroatoms. The largest absolute Gasteiger partial charge is 0.416 e. The molecule has 0 saturated heterocycles. The molecule has 1 N–H and O–H groups in total. The van der Waals surface area contributed by atoms with Gasteiger partial charge in [0.05, 0.1) is 11.1 Å². The number of benzene rings is 2. The molecule has 3 nitrogen and oxygen atoms in total. The van der Waals surface area contributed by atoms with Gasteiger partial charge in [-0.2, -0.15) is 18.3 Å². The predicted molar refractivity (Wildman–Crippen MR) is 79.5 cm³/mol. The van der Waals surface area contributed by atoms with E-state index < -0.39 is 11.7 Å². The molecule has 0 aliphatic heterocycles. The zero-order chi connectivity index (χ0) is 15.7. The number of halogens is 3. The minimum atomic E-state index is -4.29. The van der Waals surface area contributed by atoms with E-state index in [1.54, 1.807) is 4.68 Å². The van der Waals surface area contributed by atoms with Gasteiger partial charge in [-0.05, 0) is 35.9 Å². The van der Waals surface area contributed by atoms with E-state index in [9.17, 15) is 13.2 Å². The summed E-state index contributed by atoms with van der Waals surface area (Å²) >= 11 is 0. The van der Waals surface area contributed by atoms with Crippen molar-refractivity contribution in [3.8, 4) is 0 Å². The van der Waals surface area contributed by atoms with Gasteiger partial charge in [-0.3, -0.25) is 4.68 Å². The van der Waals surface area contributed by atoms with Gasteiger partial charge >= 0.3 is 6.18 Å². The molecule has 0 spiro atoms. The van der Waals surface area contributed by atoms with Crippen molar-refractivity contribution in [2.24, 2.45) is 7.05 Å². The lowest BCUT2D eigenvalue weighted by Gasteiger charge is -2.09. The van der Waals surface area contributed by atoms with E-state index in [4.69, 9.17) is 0 Å². The number of hydrogen-bond donors (Lipinski definition) is 1. The molecule has 3 aromatic rings. The fourth-order valence-corrected chi connectivity index (χ4v) is 2.27. The molecule has 0 aliphatic carbocycles. The van der Waals surface area contributed by atoms with Gasteiger partial charge in [-0.1, -0.05) is 12.1 Å². The molecule has 0 amide bonds. The second kappa shape index (κ2) is 5.36. The Bertz CT molecular complexity index is 788. The highest BCUT2D eigenvalue weighted by Gasteiger charge is 2.29. The summed E-state index contributed by atoms with van der Waals surface area (Å²) in [6.07, 6.45) is -2.38. The number of aromatic nitrogens is 2. The third-order valence-corrected chi connectivity index (χ3v) is 3.40. The monoisotopic (exact) mass is 305 g/mol. The molecule has 2 aromatic carbocycles. The molecule has 0 saturated carbocycles. The number of hydrogen-bond acceptors (Lipinski definition) is 2. The summed E-state index contributed by atoms with van der Waals surface area (Å²) in [7, 11) is 1.86. The van der Waals surface area contributed by atoms with E-state index in [1.165, 1.54) is 12.1 Å². The zero-order valence-corrected chi connectivity index (χ0v) is 11.9. The first-order valence-electron chi connectivity index (χ1n) is 6.75. The van der Waals surface area contributed by atoms with E-state index in [0.717, 1.165) is 34.3 Å². The molecule has 1 aromatic heterocycles. The number of aryl methyl sites for hydroxylation is 1. The summed E-state index contributed by atoms with van der Waals surface area (Å²) in [4.78, 5) is 0. The van der Waals surface area contributed by atoms with Crippen LogP contribution in [0.1, 0.15) is 11.1 Å². The van der Waals surface area contributed by atoms with Crippen LogP contribution in [0.15, 0.2) is 48.7 Å². The highest BCUT2D eigenvalue weighted by Crippen LogP contribution is 2.29. The van der Waals surface area contributed by atoms with E-state index in [0.29, 0.717) is 6.54 Å². The smallest absolute Gasteiger partial charge is 0.381 e. The maximum atomic E-state index is 12.5. The average molecular weight is 305 g/mol. The van der Waals surface area contributed by atoms with Gasteiger partial charge in [-0.25, -0.2) is 0 Å². The van der Waals surface area contributed by atoms with Crippen LogP contribution in [0, 0.1) is 0 Å². The van der Waals surface area contributed by atoms with Gasteiger partial charge in [0.2, 0.25) is 0 Å². The van der Waals surface area contributed by atoms with Crippen LogP contribution >= 0.6 is 0 Å². The standard InChI is InChI=1S/C16H14F3N3/c1-22-10-12-8-14(6-7-15(12)21-22)20-9-11-2-4-13(5-3-11)16(17,18)19/h2-8,10,20H,9H2,1H3. The number of rotatable bonds is 3. The number of nitrogens with zero attached hydrogens (tertiary/aromatic N) is 2. The topological polar surface area (TPSA) is 29.9 Å². The molecule has 0 unspecified atom stereocenters. The molecular weight excluding hydrogens is 291 g/mol. The summed E-state index contributed by atoms with van der Waals surface area (Å²) in [5, 5.41) is 8.50. The van der Waals surface area contributed by atoms with Gasteiger partial charge in [0.25, 0.3) is 0 Å². The van der Waals surface area contributed by atoms with Gasteiger partial charge in [0, 0.05) is 30.9 Å². The summed E-state index contributed by atoms with van der Waals surface area (Å²) in [6, 6.07) is 10.9. The van der Waals surface area contributed by atoms with Crippen LogP contribution in [0.5, 0.6) is 0 Å². The van der Waals surface area contributed by atoms with E-state index in [-0.39, 0.29) is 0 Å². The Hall–Kier alpha value is -2.50. The van der Waals surface area contributed by atoms with Gasteiger partial charge in [0.1, 0.15) is 0 Å². The fraction of sp³-hybridized carbons (Fsp3) is 0.188. The summed E-state index contributed by atoms with van der Waals surface area (Å²) in [6.45, 7) is 0.462. The van der Waals surface area contributed by atoms with Crippen LogP contribution in [0.3, 0.4) is 0 Å². The van der Waals surface area contributed by atoms with Crippen LogP contribution in [0.25, 0.3) is 10.9 Å². The Morgan fingerprint density at radius 3 is 2.50 bits per heavy atom. The van der Waals surface area contributed by atoms with Crippen LogP contribution in [0.4, 0.5) is 18.9 Å². The van der Waals surface area contributed by atoms with Crippen molar-refractivity contribution in [3.63, 3.8) is 0 Å². The van der Waals surface area contributed by atoms with Crippen molar-refractivity contribution in [3.05, 3.63) is 59.8 Å². The first-order chi connectivity index (χ1) is 10.4. The number of nitrogens with one attached hydrogen (secondary N) is 1. The van der Waals surface area contributed by atoms with E-state index >= 15 is 0 Å². The van der Waals surface area contributed by atoms with Crippen LogP contribution in [-0.4, -0.2) is 9.78 Å². The fourth-order valence-electron chi connectivity index (χ4n) is 2.27. The van der Waals surface area contributed by atoms with Crippen molar-refractivity contribution >= 4 is 16.6 Å². The summed E-state index contributed by atoms with van der Waals surface area (Å²) in [5.41, 5.74) is 1.97. The molecule has 0 aliphatic rings. The number of anilines is 1. The van der Waals surface area contributed by atoms with Crippen molar-refractivity contribution in [1.82, 2.24) is 9.78 Å². The maximum absolute atomic E-state index is 12.5. The molecule has 0 atom stereocenters. The lowest BCUT2D eigenvalue weighted by Crippen LogP contribution is -2.05. The van der Waals surface area contributed by atoms with Gasteiger partial charge < -0.3 is 5.32 Å². The summed E-state index contributed by atoms with van der Waals surface area (Å²) < 4.78 is 39.2. The van der Waals surface area contributed by atoms with E-state index in [2.05, 4.69) is 10.4 Å². The lowest BCUT2D eigenvalue weighted by molar-refractivity contribution is -0.137. The Balaban J connectivity index is 1.70. The lowest BCUT2D eigenvalue weighted by atomic mass is 10.1. The third-order valence-electron chi connectivity index (χ3n) is 3.40. The van der Waals surface area contributed by atoms with Crippen LogP contribution < -0.4 is 5.32 Å². The van der Waals surface area contributed by atoms with Crippen molar-refractivity contribution in [2.75, 3.05) is 5.32 Å². The second-order valence-corrected chi connectivity index (χ2v) is 5.12. The first-order valence-corrected chi connectivity index (χ1v) is 6.75. The first kappa shape index (κ1) is 14.4. The molecule has 1 heterocycles. The highest BCUT2D eigenvalue weighted by molar-refractivity contribution is 5.81. The average Bonchev–Trinajstić information content (AvgIpc) is 2.84. The Kier molecular flexibility index (Phi) is 3.52. The summed E-state index contributed by atoms with van der Waals surface area (Å²) in [5.74, 6) is 0. The number of alkyl halides is 3. The molecule has 0 bridgehead atoms. The van der Waals surface area contributed by atoms with Gasteiger partial charge in [-0.15, -0.1) is 0 Å². The third kappa shape index (κ3) is 3.05. The Morgan fingerprint density at radius 2 is 1.82 bits per heavy atom. The Morgan fingerprint density at radius 1 is 1.09 bits per heavy atom. The second-order valence-electron chi connectivity index (χ2n) is 5.12. The van der Waals surface area contributed by atoms with Crippen LogP contribution in [-0.2, 0) is 19.8 Å². The van der Waals surface area contributed by atoms with Crippen molar-refractivity contribution in [2.45, 2.75) is 12.7 Å². The predicted octanol–water partition coefficient (Wildman–Crippen LogP) is 4.20. The van der Waals surface area contributed by atoms with Crippen molar-refractivity contribution < 1.29 is 13.2 Å². The normalized spacial score (nSPS) is 11.8. The van der Waals surface area contributed by atoms with Crippen LogP contribution in [0.2, 0.25) is 0 Å². The van der Waals surface area contributed by atoms with Crippen molar-refractivity contribution in [1.29, 1.82) is 0 Å². The minimum Gasteiger partial charge on any atom is -0.381 e. The molecule has 3 rings (SSSR count). The number of fused-ring (bicyclic) bond motifs is 1. The minimum absolute atomic E-state index is 0.462. The molecular formula is C16H14F3N3. The zero-order valence-electron chi connectivity index (χ0n) is 11.9. The maximum Gasteiger partial charge on any atom is 0.416 e. The molecule has 0 fully saturated rings. The van der Waals surface area contributed by atoms with E-state index in [1.807, 2.05) is 31.4 Å². The Labute approximate surface area is 125 Å². The quantitative estimate of drug-likeness (QED) is 0.786. The highest BCUT2D eigenvalue weighted by atomic mass is 19.4. The SMILES string of the molecule is Cn1cc2cc(NCc3ccc(C(F)(F)F)cc3)ccc2n1. The molecule has 22 heavy (non-hydrogen) atoms. The molecule has 0 radical (unpaired) electrons.